The maximum Gasteiger partial charge on any atom is 0.0561 e. The molecule has 1 N–H and O–H groups in total. The lowest BCUT2D eigenvalue weighted by Gasteiger charge is -2.24. The third-order valence-electron chi connectivity index (χ3n) is 3.96. The van der Waals surface area contributed by atoms with Gasteiger partial charge in [-0.2, -0.15) is 0 Å². The molecule has 0 spiro atoms. The molecule has 2 atom stereocenters. The molecule has 2 rings (SSSR count). The number of hydrogen-bond donors (Lipinski definition) is 1. The average Bonchev–Trinajstić information content (AvgIpc) is 3.01. The summed E-state index contributed by atoms with van der Waals surface area (Å²) < 4.78 is 0. The second kappa shape index (κ2) is 8.32. The number of nitrogens with one attached hydrogen (secondary N) is 1. The van der Waals surface area contributed by atoms with Gasteiger partial charge in [-0.1, -0.05) is 43.3 Å². The molecule has 0 radical (unpaired) electrons. The molecule has 0 bridgehead atoms. The smallest absolute Gasteiger partial charge is 0.0561 e. The number of thiophene rings is 1. The van der Waals surface area contributed by atoms with Crippen molar-refractivity contribution < 1.29 is 0 Å². The normalized spacial score (nSPS) is 14.3. The molecule has 0 saturated heterocycles. The summed E-state index contributed by atoms with van der Waals surface area (Å²) >= 11 is 1.84. The number of rotatable bonds is 8. The zero-order chi connectivity index (χ0) is 15.1. The maximum atomic E-state index is 3.62. The molecule has 0 amide bonds. The van der Waals surface area contributed by atoms with E-state index in [0.29, 0.717) is 12.0 Å². The van der Waals surface area contributed by atoms with Crippen LogP contribution in [0.4, 0.5) is 0 Å². The number of likely N-dealkylation sites (N-methyl/N-ethyl adjacent to an activating group) is 1. The van der Waals surface area contributed by atoms with E-state index in [1.807, 2.05) is 11.3 Å². The van der Waals surface area contributed by atoms with Crippen molar-refractivity contribution >= 4 is 11.3 Å². The van der Waals surface area contributed by atoms with Gasteiger partial charge in [-0.15, -0.1) is 11.3 Å². The van der Waals surface area contributed by atoms with Gasteiger partial charge in [0.1, 0.15) is 0 Å². The van der Waals surface area contributed by atoms with E-state index in [1.54, 1.807) is 0 Å². The van der Waals surface area contributed by atoms with Gasteiger partial charge in [0.25, 0.3) is 0 Å². The summed E-state index contributed by atoms with van der Waals surface area (Å²) in [6.45, 7) is 4.38. The first kappa shape index (κ1) is 16.2. The van der Waals surface area contributed by atoms with Crippen molar-refractivity contribution in [3.05, 3.63) is 58.3 Å². The first-order valence-corrected chi connectivity index (χ1v) is 8.52. The molecular formula is C18H26N2S. The molecule has 0 fully saturated rings. The lowest BCUT2D eigenvalue weighted by molar-refractivity contribution is 0.292. The molecule has 1 aromatic heterocycles. The molecule has 21 heavy (non-hydrogen) atoms. The van der Waals surface area contributed by atoms with E-state index in [4.69, 9.17) is 0 Å². The van der Waals surface area contributed by atoms with Gasteiger partial charge < -0.3 is 10.2 Å². The fraction of sp³-hybridized carbons (Fsp3) is 0.444. The van der Waals surface area contributed by atoms with E-state index >= 15 is 0 Å². The lowest BCUT2D eigenvalue weighted by Crippen LogP contribution is -2.31. The van der Waals surface area contributed by atoms with Crippen LogP contribution in [-0.4, -0.2) is 32.1 Å². The number of nitrogens with zero attached hydrogens (tertiary/aromatic N) is 1. The van der Waals surface area contributed by atoms with Gasteiger partial charge in [0, 0.05) is 11.4 Å². The Morgan fingerprint density at radius 1 is 1.10 bits per heavy atom. The van der Waals surface area contributed by atoms with Gasteiger partial charge in [0.05, 0.1) is 6.04 Å². The highest BCUT2D eigenvalue weighted by molar-refractivity contribution is 7.10. The van der Waals surface area contributed by atoms with Crippen molar-refractivity contribution in [1.82, 2.24) is 10.2 Å². The molecule has 3 heteroatoms. The Morgan fingerprint density at radius 2 is 1.86 bits per heavy atom. The Balaban J connectivity index is 1.76. The third-order valence-corrected chi connectivity index (χ3v) is 4.93. The molecular weight excluding hydrogens is 276 g/mol. The zero-order valence-corrected chi connectivity index (χ0v) is 14.1. The first-order chi connectivity index (χ1) is 10.2. The second-order valence-electron chi connectivity index (χ2n) is 5.80. The fourth-order valence-electron chi connectivity index (χ4n) is 2.52. The van der Waals surface area contributed by atoms with Crippen LogP contribution in [0.1, 0.15) is 35.7 Å². The molecule has 1 heterocycles. The summed E-state index contributed by atoms with van der Waals surface area (Å²) in [6, 6.07) is 15.6. The summed E-state index contributed by atoms with van der Waals surface area (Å²) in [5, 5.41) is 5.78. The lowest BCUT2D eigenvalue weighted by atomic mass is 9.98. The van der Waals surface area contributed by atoms with Crippen molar-refractivity contribution in [2.75, 3.05) is 27.2 Å². The van der Waals surface area contributed by atoms with Crippen LogP contribution in [0.2, 0.25) is 0 Å². The summed E-state index contributed by atoms with van der Waals surface area (Å²) in [5.74, 6) is 0.609. The minimum Gasteiger partial charge on any atom is -0.315 e. The topological polar surface area (TPSA) is 15.3 Å². The third kappa shape index (κ3) is 4.95. The van der Waals surface area contributed by atoms with Crippen LogP contribution in [0.5, 0.6) is 0 Å². The molecule has 2 nitrogen and oxygen atoms in total. The van der Waals surface area contributed by atoms with Crippen molar-refractivity contribution in [2.45, 2.75) is 25.3 Å². The minimum atomic E-state index is 0.469. The van der Waals surface area contributed by atoms with Gasteiger partial charge >= 0.3 is 0 Å². The predicted molar refractivity (Wildman–Crippen MR) is 93.1 cm³/mol. The Bertz CT molecular complexity index is 493. The van der Waals surface area contributed by atoms with E-state index in [9.17, 15) is 0 Å². The van der Waals surface area contributed by atoms with Crippen molar-refractivity contribution in [1.29, 1.82) is 0 Å². The molecule has 0 aliphatic heterocycles. The van der Waals surface area contributed by atoms with Crippen LogP contribution in [-0.2, 0) is 0 Å². The highest BCUT2D eigenvalue weighted by atomic mass is 32.1. The van der Waals surface area contributed by atoms with Gasteiger partial charge in [-0.05, 0) is 50.0 Å². The molecule has 0 aliphatic carbocycles. The van der Waals surface area contributed by atoms with Crippen molar-refractivity contribution in [3.63, 3.8) is 0 Å². The molecule has 0 aliphatic rings. The summed E-state index contributed by atoms with van der Waals surface area (Å²) in [6.07, 6.45) is 1.18. The van der Waals surface area contributed by atoms with Crippen molar-refractivity contribution in [2.24, 2.45) is 0 Å². The maximum absolute atomic E-state index is 3.62. The van der Waals surface area contributed by atoms with Crippen LogP contribution in [0.3, 0.4) is 0 Å². The van der Waals surface area contributed by atoms with Crippen LogP contribution < -0.4 is 5.32 Å². The summed E-state index contributed by atoms with van der Waals surface area (Å²) in [4.78, 5) is 3.73. The van der Waals surface area contributed by atoms with Crippen molar-refractivity contribution in [3.8, 4) is 0 Å². The van der Waals surface area contributed by atoms with Gasteiger partial charge in [-0.3, -0.25) is 0 Å². The quantitative estimate of drug-likeness (QED) is 0.737. The Labute approximate surface area is 132 Å². The van der Waals surface area contributed by atoms with E-state index in [0.717, 1.165) is 13.1 Å². The van der Waals surface area contributed by atoms with E-state index in [1.165, 1.54) is 16.9 Å². The van der Waals surface area contributed by atoms with E-state index in [2.05, 4.69) is 79.1 Å². The monoisotopic (exact) mass is 302 g/mol. The second-order valence-corrected chi connectivity index (χ2v) is 6.78. The highest BCUT2D eigenvalue weighted by Gasteiger charge is 2.14. The molecule has 114 valence electrons. The summed E-state index contributed by atoms with van der Waals surface area (Å²) in [5.41, 5.74) is 1.43. The zero-order valence-electron chi connectivity index (χ0n) is 13.3. The molecule has 2 aromatic rings. The minimum absolute atomic E-state index is 0.469. The SMILES string of the molecule is CC(CCNCC(c1cccs1)N(C)C)c1ccccc1. The van der Waals surface area contributed by atoms with Crippen LogP contribution in [0, 0.1) is 0 Å². The molecule has 2 unspecified atom stereocenters. The van der Waals surface area contributed by atoms with Gasteiger partial charge in [-0.25, -0.2) is 0 Å². The Hall–Kier alpha value is -1.16. The van der Waals surface area contributed by atoms with Crippen LogP contribution in [0.25, 0.3) is 0 Å². The van der Waals surface area contributed by atoms with Gasteiger partial charge in [0.2, 0.25) is 0 Å². The molecule has 0 saturated carbocycles. The Morgan fingerprint density at radius 3 is 2.48 bits per heavy atom. The van der Waals surface area contributed by atoms with Crippen LogP contribution >= 0.6 is 11.3 Å². The van der Waals surface area contributed by atoms with Gasteiger partial charge in [0.15, 0.2) is 0 Å². The van der Waals surface area contributed by atoms with E-state index in [-0.39, 0.29) is 0 Å². The highest BCUT2D eigenvalue weighted by Crippen LogP contribution is 2.22. The standard InChI is InChI=1S/C18H26N2S/c1-15(16-8-5-4-6-9-16)11-12-19-14-17(20(2)3)18-10-7-13-21-18/h4-10,13,15,17,19H,11-12,14H2,1-3H3. The summed E-state index contributed by atoms with van der Waals surface area (Å²) in [7, 11) is 4.30. The molecule has 1 aromatic carbocycles. The average molecular weight is 302 g/mol. The number of hydrogen-bond acceptors (Lipinski definition) is 3. The fourth-order valence-corrected chi connectivity index (χ4v) is 3.45. The van der Waals surface area contributed by atoms with Crippen LogP contribution in [0.15, 0.2) is 47.8 Å². The largest absolute Gasteiger partial charge is 0.315 e. The Kier molecular flexibility index (Phi) is 6.43. The predicted octanol–water partition coefficient (Wildman–Crippen LogP) is 4.13. The first-order valence-electron chi connectivity index (χ1n) is 7.64. The number of benzene rings is 1. The van der Waals surface area contributed by atoms with E-state index < -0.39 is 0 Å².